The number of aryl methyl sites for hydroxylation is 3. The first kappa shape index (κ1) is 78.8. The molecule has 6 heterocycles. The lowest BCUT2D eigenvalue weighted by molar-refractivity contribution is 0.569. The van der Waals surface area contributed by atoms with Crippen LogP contribution in [0.5, 0.6) is 0 Å². The monoisotopic (exact) mass is 1460 g/mol. The quantitative estimate of drug-likeness (QED) is 0.119. The highest BCUT2D eigenvalue weighted by Gasteiger charge is 2.16. The summed E-state index contributed by atoms with van der Waals surface area (Å²) in [6.45, 7) is 20.9. The molecule has 0 aliphatic rings. The molecule has 0 unspecified atom stereocenters. The summed E-state index contributed by atoms with van der Waals surface area (Å²) in [6.07, 6.45) is 25.0. The Morgan fingerprint density at radius 2 is 0.477 bits per heavy atom. The molecule has 0 N–H and O–H groups in total. The fourth-order valence-electron chi connectivity index (χ4n) is 13.0. The van der Waals surface area contributed by atoms with Crippen LogP contribution in [0.25, 0.3) is 111 Å². The summed E-state index contributed by atoms with van der Waals surface area (Å²) in [5, 5.41) is 0. The molecule has 111 heavy (non-hydrogen) atoms. The molecule has 8 nitrogen and oxygen atoms in total. The molecule has 0 saturated carbocycles. The van der Waals surface area contributed by atoms with E-state index in [1.807, 2.05) is 196 Å². The van der Waals surface area contributed by atoms with Gasteiger partial charge in [0.05, 0.1) is 0 Å². The number of hydrogen-bond donors (Lipinski definition) is 0. The highest BCUT2D eigenvalue weighted by molar-refractivity contribution is 5.78. The molecular weight excluding hydrogens is 1370 g/mol. The van der Waals surface area contributed by atoms with Gasteiger partial charge in [-0.2, -0.15) is 0 Å². The van der Waals surface area contributed by atoms with Crippen molar-refractivity contribution < 1.29 is 13.2 Å². The third-order valence-corrected chi connectivity index (χ3v) is 18.8. The van der Waals surface area contributed by atoms with Gasteiger partial charge in [0.15, 0.2) is 0 Å². The number of pyridine rings is 4. The van der Waals surface area contributed by atoms with E-state index in [0.717, 1.165) is 61.2 Å². The maximum atomic E-state index is 14.2. The predicted octanol–water partition coefficient (Wildman–Crippen LogP) is 26.5. The summed E-state index contributed by atoms with van der Waals surface area (Å²) >= 11 is 0. The van der Waals surface area contributed by atoms with Gasteiger partial charge in [0.2, 0.25) is 0 Å². The Morgan fingerprint density at radius 1 is 0.207 bits per heavy atom. The number of nitrogens with zero attached hydrogens (tertiary/aromatic N) is 8. The summed E-state index contributed by atoms with van der Waals surface area (Å²) in [6, 6.07) is 86.5. The van der Waals surface area contributed by atoms with Crippen LogP contribution in [-0.4, -0.2) is 39.9 Å². The fourth-order valence-corrected chi connectivity index (χ4v) is 13.0. The Hall–Kier alpha value is -13.3. The third-order valence-electron chi connectivity index (χ3n) is 18.8. The standard InChI is InChI=1S/C19H15F.C19H24.2C17H14N2.C15H12N4.C13H10F2/c1-14-18(16-10-6-3-7-11-16)12-17(13-19(14)20)15-8-4-2-5-9-15;1-13(2)18-11-17(16-9-7-6-8-10-16)12-19(14(3)4)15(18)5;1-13-10-16(14-2-6-18-7-3-14)12-17(11-13)15-4-8-19-9-5-15;1-13-8-16(14-4-2-6-18-11-14)10-17(9-13)15-5-3-7-19-12-15;1-11-2-12(14-5-16-9-17-6-14)4-13(3-11)15-7-18-10-19-8-15;1-9-12(14)7-11(8-13(9)15)10-5-3-2-4-6-10/h2-13H,1H3;6-14H,1-5H3;2*2-12H,1H3;2-10H,1H3;2-8H,1H3. The Morgan fingerprint density at radius 3 is 0.811 bits per heavy atom. The lowest BCUT2D eigenvalue weighted by Crippen LogP contribution is -2.00. The van der Waals surface area contributed by atoms with Gasteiger partial charge in [-0.15, -0.1) is 0 Å². The number of aromatic nitrogens is 8. The minimum atomic E-state index is -0.506. The lowest BCUT2D eigenvalue weighted by Gasteiger charge is -2.19. The van der Waals surface area contributed by atoms with Crippen molar-refractivity contribution >= 4 is 0 Å². The molecule has 10 aromatic carbocycles. The van der Waals surface area contributed by atoms with Gasteiger partial charge >= 0.3 is 0 Å². The molecule has 0 fully saturated rings. The van der Waals surface area contributed by atoms with Crippen LogP contribution in [0.2, 0.25) is 0 Å². The Labute approximate surface area is 651 Å². The van der Waals surface area contributed by atoms with Crippen LogP contribution in [0.15, 0.2) is 348 Å². The minimum absolute atomic E-state index is 0.0645. The third kappa shape index (κ3) is 22.0. The van der Waals surface area contributed by atoms with Crippen LogP contribution in [0.4, 0.5) is 13.2 Å². The molecule has 16 rings (SSSR count). The molecule has 0 atom stereocenters. The average Bonchev–Trinajstić information content (AvgIpc) is 0.808. The maximum Gasteiger partial charge on any atom is 0.129 e. The fraction of sp³-hybridized carbons (Fsp3) is 0.120. The second-order valence-electron chi connectivity index (χ2n) is 27.7. The van der Waals surface area contributed by atoms with E-state index >= 15 is 0 Å². The van der Waals surface area contributed by atoms with Crippen molar-refractivity contribution in [3.8, 4) is 111 Å². The molecular formula is C100H89F3N8. The molecule has 6 aromatic heterocycles. The number of hydrogen-bond acceptors (Lipinski definition) is 8. The number of halogens is 3. The largest absolute Gasteiger partial charge is 0.265 e. The van der Waals surface area contributed by atoms with Gasteiger partial charge in [-0.05, 0) is 260 Å². The molecule has 0 radical (unpaired) electrons. The topological polar surface area (TPSA) is 103 Å². The zero-order valence-corrected chi connectivity index (χ0v) is 64.3. The maximum absolute atomic E-state index is 14.2. The van der Waals surface area contributed by atoms with E-state index in [2.05, 4.69) is 211 Å². The molecule has 0 bridgehead atoms. The van der Waals surface area contributed by atoms with E-state index in [0.29, 0.717) is 23.0 Å². The summed E-state index contributed by atoms with van der Waals surface area (Å²) in [5.41, 5.74) is 30.5. The molecule has 0 aliphatic carbocycles. The van der Waals surface area contributed by atoms with Crippen LogP contribution >= 0.6 is 0 Å². The van der Waals surface area contributed by atoms with E-state index in [1.54, 1.807) is 18.5 Å². The van der Waals surface area contributed by atoms with E-state index in [9.17, 15) is 13.2 Å². The molecule has 0 aliphatic heterocycles. The summed E-state index contributed by atoms with van der Waals surface area (Å²) < 4.78 is 40.8. The number of rotatable bonds is 12. The SMILES string of the molecule is Cc1c(C(C)C)cc(-c2ccccc2)cc1C(C)C.Cc1c(F)cc(-c2ccccc2)cc1-c1ccccc1.Cc1c(F)cc(-c2ccccc2)cc1F.Cc1cc(-c2cccnc2)cc(-c2cccnc2)c1.Cc1cc(-c2ccncc2)cc(-c2ccncc2)c1.Cc1cc(-c2cncnc2)cc(-c2cncnc2)c1. The van der Waals surface area contributed by atoms with Crippen molar-refractivity contribution in [2.24, 2.45) is 0 Å². The van der Waals surface area contributed by atoms with Crippen molar-refractivity contribution in [2.75, 3.05) is 0 Å². The zero-order chi connectivity index (χ0) is 78.0. The first-order valence-corrected chi connectivity index (χ1v) is 37.0. The lowest BCUT2D eigenvalue weighted by atomic mass is 9.86. The highest BCUT2D eigenvalue weighted by atomic mass is 19.1. The van der Waals surface area contributed by atoms with Crippen molar-refractivity contribution in [3.63, 3.8) is 0 Å². The van der Waals surface area contributed by atoms with E-state index in [-0.39, 0.29) is 11.4 Å². The van der Waals surface area contributed by atoms with Gasteiger partial charge in [-0.25, -0.2) is 33.1 Å². The molecule has 0 saturated heterocycles. The Balaban J connectivity index is 0.000000132. The first-order chi connectivity index (χ1) is 53.9. The summed E-state index contributed by atoms with van der Waals surface area (Å²) in [7, 11) is 0. The second kappa shape index (κ2) is 39.0. The van der Waals surface area contributed by atoms with E-state index in [4.69, 9.17) is 0 Å². The van der Waals surface area contributed by atoms with Crippen LogP contribution in [-0.2, 0) is 0 Å². The molecule has 0 spiro atoms. The van der Waals surface area contributed by atoms with Gasteiger partial charge in [-0.1, -0.05) is 210 Å². The van der Waals surface area contributed by atoms with Crippen LogP contribution in [0.3, 0.4) is 0 Å². The zero-order valence-electron chi connectivity index (χ0n) is 64.3. The highest BCUT2D eigenvalue weighted by Crippen LogP contribution is 2.36. The van der Waals surface area contributed by atoms with Gasteiger partial charge < -0.3 is 0 Å². The van der Waals surface area contributed by atoms with Crippen molar-refractivity contribution in [1.82, 2.24) is 39.9 Å². The van der Waals surface area contributed by atoms with Crippen molar-refractivity contribution in [3.05, 3.63) is 410 Å². The van der Waals surface area contributed by atoms with Crippen LogP contribution in [0, 0.1) is 59.0 Å². The Kier molecular flexibility index (Phi) is 27.7. The summed E-state index contributed by atoms with van der Waals surface area (Å²) in [5.74, 6) is -0.0322. The molecule has 16 aromatic rings. The second-order valence-corrected chi connectivity index (χ2v) is 27.7. The Bertz CT molecular complexity index is 5070. The van der Waals surface area contributed by atoms with Gasteiger partial charge in [0.1, 0.15) is 30.1 Å². The normalized spacial score (nSPS) is 10.5. The van der Waals surface area contributed by atoms with Gasteiger partial charge in [-0.3, -0.25) is 19.9 Å². The van der Waals surface area contributed by atoms with Gasteiger partial charge in [0.25, 0.3) is 0 Å². The molecule has 550 valence electrons. The number of benzene rings is 10. The van der Waals surface area contributed by atoms with Crippen molar-refractivity contribution in [1.29, 1.82) is 0 Å². The van der Waals surface area contributed by atoms with Crippen LogP contribution < -0.4 is 0 Å². The average molecular weight is 1460 g/mol. The first-order valence-electron chi connectivity index (χ1n) is 37.0. The van der Waals surface area contributed by atoms with E-state index < -0.39 is 11.6 Å². The predicted molar refractivity (Wildman–Crippen MR) is 452 cm³/mol. The van der Waals surface area contributed by atoms with Crippen molar-refractivity contribution in [2.45, 2.75) is 81.1 Å². The molecule has 0 amide bonds. The summed E-state index contributed by atoms with van der Waals surface area (Å²) in [4.78, 5) is 32.7. The minimum Gasteiger partial charge on any atom is -0.265 e. The van der Waals surface area contributed by atoms with Crippen LogP contribution in [0.1, 0.15) is 84.0 Å². The smallest absolute Gasteiger partial charge is 0.129 e. The van der Waals surface area contributed by atoms with Gasteiger partial charge in [0, 0.05) is 102 Å². The van der Waals surface area contributed by atoms with E-state index in [1.165, 1.54) is 110 Å². The molecule has 11 heteroatoms.